The summed E-state index contributed by atoms with van der Waals surface area (Å²) in [6, 6.07) is 15.8. The molecule has 0 saturated heterocycles. The zero-order valence-electron chi connectivity index (χ0n) is 18.8. The van der Waals surface area contributed by atoms with Crippen molar-refractivity contribution in [2.75, 3.05) is 11.9 Å². The Hall–Kier alpha value is -4.17. The molecule has 0 aliphatic heterocycles. The van der Waals surface area contributed by atoms with Crippen LogP contribution in [0.4, 0.5) is 5.69 Å². The van der Waals surface area contributed by atoms with Crippen LogP contribution in [0.3, 0.4) is 0 Å². The zero-order valence-corrected chi connectivity index (χ0v) is 18.8. The molecule has 0 radical (unpaired) electrons. The minimum Gasteiger partial charge on any atom is -0.394 e. The van der Waals surface area contributed by atoms with Gasteiger partial charge in [-0.15, -0.1) is 0 Å². The first kappa shape index (κ1) is 21.7. The van der Waals surface area contributed by atoms with Crippen LogP contribution < -0.4 is 10.9 Å². The van der Waals surface area contributed by atoms with Gasteiger partial charge in [-0.3, -0.25) is 4.79 Å². The average molecular weight is 455 g/mol. The second kappa shape index (κ2) is 9.36. The van der Waals surface area contributed by atoms with E-state index in [0.717, 1.165) is 35.1 Å². The van der Waals surface area contributed by atoms with Crippen LogP contribution in [0.25, 0.3) is 28.1 Å². The normalized spacial score (nSPS) is 12.2. The largest absolute Gasteiger partial charge is 0.394 e. The predicted molar refractivity (Wildman–Crippen MR) is 133 cm³/mol. The minimum atomic E-state index is -0.253. The summed E-state index contributed by atoms with van der Waals surface area (Å²) >= 11 is 0. The Labute approximate surface area is 196 Å². The van der Waals surface area contributed by atoms with Crippen molar-refractivity contribution in [3.63, 3.8) is 0 Å². The topological polar surface area (TPSA) is 112 Å². The quantitative estimate of drug-likeness (QED) is 0.285. The highest BCUT2D eigenvalue weighted by Gasteiger charge is 2.18. The van der Waals surface area contributed by atoms with Gasteiger partial charge >= 0.3 is 0 Å². The number of nitrogens with zero attached hydrogens (tertiary/aromatic N) is 3. The van der Waals surface area contributed by atoms with Gasteiger partial charge in [0, 0.05) is 30.3 Å². The van der Waals surface area contributed by atoms with Crippen molar-refractivity contribution in [1.29, 1.82) is 0 Å². The SMILES string of the molecule is Cc1cc(-n2ccnc2)cc2[nH]c(-c3c(N[C@H](CO)CCc4ccccc4)cc[nH]c3=O)nc12. The summed E-state index contributed by atoms with van der Waals surface area (Å²) in [5, 5.41) is 13.3. The molecule has 2 aromatic carbocycles. The molecule has 5 rings (SSSR count). The van der Waals surface area contributed by atoms with Gasteiger partial charge in [-0.2, -0.15) is 0 Å². The van der Waals surface area contributed by atoms with E-state index < -0.39 is 0 Å². The average Bonchev–Trinajstić information content (AvgIpc) is 3.53. The van der Waals surface area contributed by atoms with Gasteiger partial charge in [-0.05, 0) is 49.1 Å². The fourth-order valence-electron chi connectivity index (χ4n) is 4.20. The molecule has 0 fully saturated rings. The molecule has 3 heterocycles. The van der Waals surface area contributed by atoms with Crippen molar-refractivity contribution in [2.45, 2.75) is 25.8 Å². The summed E-state index contributed by atoms with van der Waals surface area (Å²) < 4.78 is 1.92. The number of hydrogen-bond acceptors (Lipinski definition) is 5. The number of pyridine rings is 1. The Bertz CT molecular complexity index is 1450. The smallest absolute Gasteiger partial charge is 0.261 e. The number of aryl methyl sites for hydroxylation is 2. The molecule has 0 unspecified atom stereocenters. The van der Waals surface area contributed by atoms with Gasteiger partial charge in [-0.1, -0.05) is 30.3 Å². The zero-order chi connectivity index (χ0) is 23.5. The molecule has 0 aliphatic carbocycles. The molecule has 0 aliphatic rings. The minimum absolute atomic E-state index is 0.0490. The van der Waals surface area contributed by atoms with Crippen molar-refractivity contribution in [3.05, 3.63) is 94.9 Å². The van der Waals surface area contributed by atoms with Crippen molar-refractivity contribution < 1.29 is 5.11 Å². The van der Waals surface area contributed by atoms with E-state index in [2.05, 4.69) is 32.4 Å². The van der Waals surface area contributed by atoms with Gasteiger partial charge in [0.25, 0.3) is 5.56 Å². The standard InChI is InChI=1S/C26H26N6O2/c1-17-13-20(32-12-11-27-16-32)14-22-24(17)31-25(30-22)23-21(9-10-28-26(23)34)29-19(15-33)8-7-18-5-3-2-4-6-18/h2-6,9-14,16,19,33H,7-8,15H2,1H3,(H,30,31)(H2,28,29,34)/t19-/m0/s1. The molecule has 0 bridgehead atoms. The van der Waals surface area contributed by atoms with Gasteiger partial charge in [0.05, 0.1) is 29.7 Å². The first-order valence-electron chi connectivity index (χ1n) is 11.2. The Morgan fingerprint density at radius 1 is 1.18 bits per heavy atom. The van der Waals surface area contributed by atoms with Gasteiger partial charge in [0.2, 0.25) is 0 Å². The predicted octanol–water partition coefficient (Wildman–Crippen LogP) is 3.82. The molecule has 3 aromatic heterocycles. The van der Waals surface area contributed by atoms with E-state index in [-0.39, 0.29) is 18.2 Å². The van der Waals surface area contributed by atoms with Crippen LogP contribution in [0.1, 0.15) is 17.5 Å². The van der Waals surface area contributed by atoms with Crippen LogP contribution in [-0.4, -0.2) is 42.3 Å². The first-order chi connectivity index (χ1) is 16.6. The number of benzene rings is 2. The summed E-state index contributed by atoms with van der Waals surface area (Å²) in [4.78, 5) is 27.8. The van der Waals surface area contributed by atoms with Crippen molar-refractivity contribution in [1.82, 2.24) is 24.5 Å². The maximum atomic E-state index is 12.9. The maximum absolute atomic E-state index is 12.9. The van der Waals surface area contributed by atoms with Crippen LogP contribution in [-0.2, 0) is 6.42 Å². The number of hydrogen-bond donors (Lipinski definition) is 4. The van der Waals surface area contributed by atoms with E-state index >= 15 is 0 Å². The van der Waals surface area contributed by atoms with Gasteiger partial charge in [-0.25, -0.2) is 9.97 Å². The van der Waals surface area contributed by atoms with Gasteiger partial charge in [0.15, 0.2) is 0 Å². The highest BCUT2D eigenvalue weighted by atomic mass is 16.3. The lowest BCUT2D eigenvalue weighted by atomic mass is 10.0. The van der Waals surface area contributed by atoms with Crippen molar-refractivity contribution in [2.24, 2.45) is 0 Å². The Balaban J connectivity index is 1.47. The Kier molecular flexibility index (Phi) is 5.97. The van der Waals surface area contributed by atoms with E-state index in [4.69, 9.17) is 4.98 Å². The third-order valence-electron chi connectivity index (χ3n) is 5.97. The fraction of sp³-hybridized carbons (Fsp3) is 0.192. The lowest BCUT2D eigenvalue weighted by Gasteiger charge is -2.19. The highest BCUT2D eigenvalue weighted by molar-refractivity contribution is 5.86. The molecule has 1 atom stereocenters. The molecule has 0 amide bonds. The molecule has 0 spiro atoms. The monoisotopic (exact) mass is 454 g/mol. The number of imidazole rings is 2. The number of H-pyrrole nitrogens is 2. The molecule has 0 saturated carbocycles. The number of aliphatic hydroxyl groups excluding tert-OH is 1. The molecule has 8 nitrogen and oxygen atoms in total. The number of aromatic nitrogens is 5. The summed E-state index contributed by atoms with van der Waals surface area (Å²) in [5.74, 6) is 0.477. The highest BCUT2D eigenvalue weighted by Crippen LogP contribution is 2.28. The molecule has 5 aromatic rings. The van der Waals surface area contributed by atoms with E-state index in [1.807, 2.05) is 48.0 Å². The van der Waals surface area contributed by atoms with E-state index in [0.29, 0.717) is 17.1 Å². The van der Waals surface area contributed by atoms with Crippen LogP contribution >= 0.6 is 0 Å². The van der Waals surface area contributed by atoms with Gasteiger partial charge in [0.1, 0.15) is 11.4 Å². The summed E-state index contributed by atoms with van der Waals surface area (Å²) in [6.45, 7) is 1.94. The molecule has 172 valence electrons. The molecule has 4 N–H and O–H groups in total. The molecular formula is C26H26N6O2. The Morgan fingerprint density at radius 3 is 2.79 bits per heavy atom. The van der Waals surface area contributed by atoms with Crippen LogP contribution in [0, 0.1) is 6.92 Å². The van der Waals surface area contributed by atoms with Crippen molar-refractivity contribution >= 4 is 16.7 Å². The van der Waals surface area contributed by atoms with Gasteiger partial charge < -0.3 is 25.0 Å². The number of aliphatic hydroxyl groups is 1. The van der Waals surface area contributed by atoms with Crippen molar-refractivity contribution in [3.8, 4) is 17.1 Å². The van der Waals surface area contributed by atoms with Crippen LogP contribution in [0.5, 0.6) is 0 Å². The number of aromatic amines is 2. The fourth-order valence-corrected chi connectivity index (χ4v) is 4.20. The van der Waals surface area contributed by atoms with E-state index in [9.17, 15) is 9.90 Å². The lowest BCUT2D eigenvalue weighted by molar-refractivity contribution is 0.269. The van der Waals surface area contributed by atoms with E-state index in [1.54, 1.807) is 24.8 Å². The molecule has 34 heavy (non-hydrogen) atoms. The maximum Gasteiger partial charge on any atom is 0.261 e. The van der Waals surface area contributed by atoms with Crippen LogP contribution in [0.15, 0.2) is 78.2 Å². The second-order valence-electron chi connectivity index (χ2n) is 8.36. The van der Waals surface area contributed by atoms with E-state index in [1.165, 1.54) is 5.56 Å². The number of anilines is 1. The third-order valence-corrected chi connectivity index (χ3v) is 5.97. The summed E-state index contributed by atoms with van der Waals surface area (Å²) in [5.41, 5.74) is 5.57. The summed E-state index contributed by atoms with van der Waals surface area (Å²) in [6.07, 6.45) is 8.50. The molecular weight excluding hydrogens is 428 g/mol. The van der Waals surface area contributed by atoms with Crippen LogP contribution in [0.2, 0.25) is 0 Å². The third kappa shape index (κ3) is 4.35. The number of rotatable bonds is 8. The lowest BCUT2D eigenvalue weighted by Crippen LogP contribution is -2.26. The molecule has 8 heteroatoms. The first-order valence-corrected chi connectivity index (χ1v) is 11.2. The summed E-state index contributed by atoms with van der Waals surface area (Å²) in [7, 11) is 0. The second-order valence-corrected chi connectivity index (χ2v) is 8.36. The number of fused-ring (bicyclic) bond motifs is 1. The Morgan fingerprint density at radius 2 is 2.03 bits per heavy atom. The number of nitrogens with one attached hydrogen (secondary N) is 3.